The summed E-state index contributed by atoms with van der Waals surface area (Å²) in [4.78, 5) is 0. The van der Waals surface area contributed by atoms with E-state index in [0.29, 0.717) is 18.0 Å². The second kappa shape index (κ2) is 5.51. The standard InChI is InChI=1S/C11H12ClN3O2S/c12-10-3-1-2-9(8-10)4-7-14-18(16,17)11-5-6-13-15-11/h1-3,5-6,8,14H,4,7H2,(H,13,15). The van der Waals surface area contributed by atoms with Crippen molar-refractivity contribution in [2.45, 2.75) is 11.4 Å². The Labute approximate surface area is 110 Å². The third-order valence-electron chi connectivity index (χ3n) is 2.36. The molecule has 5 nitrogen and oxygen atoms in total. The molecule has 1 aromatic carbocycles. The number of sulfonamides is 1. The minimum absolute atomic E-state index is 0.0635. The van der Waals surface area contributed by atoms with Crippen LogP contribution in [0.3, 0.4) is 0 Å². The molecule has 0 aliphatic heterocycles. The van der Waals surface area contributed by atoms with Crippen LogP contribution in [0.2, 0.25) is 5.02 Å². The van der Waals surface area contributed by atoms with Crippen molar-refractivity contribution in [2.24, 2.45) is 0 Å². The molecule has 7 heteroatoms. The van der Waals surface area contributed by atoms with Gasteiger partial charge >= 0.3 is 0 Å². The molecule has 18 heavy (non-hydrogen) atoms. The molecule has 0 saturated carbocycles. The fourth-order valence-electron chi connectivity index (χ4n) is 1.49. The van der Waals surface area contributed by atoms with Crippen LogP contribution < -0.4 is 4.72 Å². The highest BCUT2D eigenvalue weighted by atomic mass is 35.5. The van der Waals surface area contributed by atoms with Gasteiger partial charge in [0.1, 0.15) is 0 Å². The fraction of sp³-hybridized carbons (Fsp3) is 0.182. The summed E-state index contributed by atoms with van der Waals surface area (Å²) in [5, 5.41) is 6.72. The molecule has 0 aliphatic rings. The first-order chi connectivity index (χ1) is 8.58. The molecule has 1 heterocycles. The van der Waals surface area contributed by atoms with E-state index in [1.165, 1.54) is 12.3 Å². The van der Waals surface area contributed by atoms with Gasteiger partial charge in [-0.25, -0.2) is 13.1 Å². The largest absolute Gasteiger partial charge is 0.266 e. The van der Waals surface area contributed by atoms with Gasteiger partial charge in [0.05, 0.1) is 6.20 Å². The molecule has 0 atom stereocenters. The smallest absolute Gasteiger partial charge is 0.257 e. The number of H-pyrrole nitrogens is 1. The number of hydrogen-bond donors (Lipinski definition) is 2. The third kappa shape index (κ3) is 3.32. The van der Waals surface area contributed by atoms with Gasteiger partial charge in [-0.3, -0.25) is 5.10 Å². The van der Waals surface area contributed by atoms with Gasteiger partial charge in [0.15, 0.2) is 5.03 Å². The zero-order chi connectivity index (χ0) is 13.0. The Kier molecular flexibility index (Phi) is 4.00. The van der Waals surface area contributed by atoms with Crippen molar-refractivity contribution in [2.75, 3.05) is 6.54 Å². The van der Waals surface area contributed by atoms with E-state index >= 15 is 0 Å². The lowest BCUT2D eigenvalue weighted by Gasteiger charge is -2.05. The van der Waals surface area contributed by atoms with Crippen molar-refractivity contribution in [1.82, 2.24) is 14.9 Å². The first-order valence-corrected chi connectivity index (χ1v) is 7.17. The first-order valence-electron chi connectivity index (χ1n) is 5.31. The highest BCUT2D eigenvalue weighted by Crippen LogP contribution is 2.11. The SMILES string of the molecule is O=S(=O)(NCCc1cccc(Cl)c1)c1ccn[nH]1. The van der Waals surface area contributed by atoms with Gasteiger partial charge in [-0.1, -0.05) is 23.7 Å². The summed E-state index contributed by atoms with van der Waals surface area (Å²) in [6.07, 6.45) is 1.97. The van der Waals surface area contributed by atoms with E-state index in [2.05, 4.69) is 14.9 Å². The lowest BCUT2D eigenvalue weighted by Crippen LogP contribution is -2.26. The molecule has 2 N–H and O–H groups in total. The molecule has 96 valence electrons. The highest BCUT2D eigenvalue weighted by Gasteiger charge is 2.14. The minimum atomic E-state index is -3.50. The number of rotatable bonds is 5. The molecular formula is C11H12ClN3O2S. The Morgan fingerprint density at radius 1 is 1.33 bits per heavy atom. The van der Waals surface area contributed by atoms with Gasteiger partial charge < -0.3 is 0 Å². The average molecular weight is 286 g/mol. The molecule has 0 saturated heterocycles. The van der Waals surface area contributed by atoms with E-state index < -0.39 is 10.0 Å². The van der Waals surface area contributed by atoms with Gasteiger partial charge in [-0.2, -0.15) is 5.10 Å². The fourth-order valence-corrected chi connectivity index (χ4v) is 2.64. The van der Waals surface area contributed by atoms with Crippen LogP contribution >= 0.6 is 11.6 Å². The van der Waals surface area contributed by atoms with Gasteiger partial charge in [0.2, 0.25) is 0 Å². The predicted octanol–water partition coefficient (Wildman–Crippen LogP) is 1.58. The van der Waals surface area contributed by atoms with E-state index in [-0.39, 0.29) is 5.03 Å². The maximum atomic E-state index is 11.7. The highest BCUT2D eigenvalue weighted by molar-refractivity contribution is 7.89. The Balaban J connectivity index is 1.93. The van der Waals surface area contributed by atoms with Crippen LogP contribution in [0, 0.1) is 0 Å². The zero-order valence-electron chi connectivity index (χ0n) is 9.43. The Hall–Kier alpha value is -1.37. The third-order valence-corrected chi connectivity index (χ3v) is 3.99. The monoisotopic (exact) mass is 285 g/mol. The number of halogens is 1. The van der Waals surface area contributed by atoms with E-state index in [1.54, 1.807) is 6.07 Å². The molecule has 0 aliphatic carbocycles. The molecule has 0 fully saturated rings. The molecule has 0 unspecified atom stereocenters. The maximum absolute atomic E-state index is 11.7. The summed E-state index contributed by atoms with van der Waals surface area (Å²) in [7, 11) is -3.50. The molecule has 2 aromatic rings. The summed E-state index contributed by atoms with van der Waals surface area (Å²) in [6, 6.07) is 8.73. The molecule has 0 radical (unpaired) electrons. The van der Waals surface area contributed by atoms with Crippen LogP contribution in [-0.4, -0.2) is 25.2 Å². The van der Waals surface area contributed by atoms with E-state index in [0.717, 1.165) is 5.56 Å². The van der Waals surface area contributed by atoms with Crippen LogP contribution in [-0.2, 0) is 16.4 Å². The summed E-state index contributed by atoms with van der Waals surface area (Å²) in [5.74, 6) is 0. The van der Waals surface area contributed by atoms with Crippen LogP contribution in [0.25, 0.3) is 0 Å². The number of aromatic nitrogens is 2. The molecule has 1 aromatic heterocycles. The second-order valence-electron chi connectivity index (χ2n) is 3.70. The predicted molar refractivity (Wildman–Crippen MR) is 68.9 cm³/mol. The number of nitrogens with zero attached hydrogens (tertiary/aromatic N) is 1. The first kappa shape index (κ1) is 13.1. The number of benzene rings is 1. The quantitative estimate of drug-likeness (QED) is 0.876. The topological polar surface area (TPSA) is 74.8 Å². The molecule has 2 rings (SSSR count). The summed E-state index contributed by atoms with van der Waals surface area (Å²) in [6.45, 7) is 0.307. The van der Waals surface area contributed by atoms with Crippen molar-refractivity contribution in [3.63, 3.8) is 0 Å². The van der Waals surface area contributed by atoms with E-state index in [4.69, 9.17) is 11.6 Å². The minimum Gasteiger partial charge on any atom is -0.266 e. The van der Waals surface area contributed by atoms with Gasteiger partial charge in [-0.05, 0) is 30.2 Å². The van der Waals surface area contributed by atoms with Crippen LogP contribution in [0.5, 0.6) is 0 Å². The summed E-state index contributed by atoms with van der Waals surface area (Å²) >= 11 is 5.84. The average Bonchev–Trinajstić information content (AvgIpc) is 2.83. The normalized spacial score (nSPS) is 11.6. The van der Waals surface area contributed by atoms with Crippen molar-refractivity contribution in [3.05, 3.63) is 47.1 Å². The second-order valence-corrected chi connectivity index (χ2v) is 5.87. The van der Waals surface area contributed by atoms with Crippen LogP contribution in [0.15, 0.2) is 41.6 Å². The number of hydrogen-bond acceptors (Lipinski definition) is 3. The van der Waals surface area contributed by atoms with Gasteiger partial charge in [0, 0.05) is 11.6 Å². The van der Waals surface area contributed by atoms with Crippen molar-refractivity contribution in [1.29, 1.82) is 0 Å². The van der Waals surface area contributed by atoms with Crippen LogP contribution in [0.4, 0.5) is 0 Å². The van der Waals surface area contributed by atoms with E-state index in [9.17, 15) is 8.42 Å². The molecular weight excluding hydrogens is 274 g/mol. The summed E-state index contributed by atoms with van der Waals surface area (Å²) < 4.78 is 26.0. The molecule has 0 bridgehead atoms. The molecule has 0 amide bonds. The van der Waals surface area contributed by atoms with Gasteiger partial charge in [-0.15, -0.1) is 0 Å². The van der Waals surface area contributed by atoms with Crippen molar-refractivity contribution >= 4 is 21.6 Å². The van der Waals surface area contributed by atoms with E-state index in [1.807, 2.05) is 18.2 Å². The molecule has 0 spiro atoms. The van der Waals surface area contributed by atoms with Crippen molar-refractivity contribution in [3.8, 4) is 0 Å². The lowest BCUT2D eigenvalue weighted by atomic mass is 10.2. The maximum Gasteiger partial charge on any atom is 0.257 e. The number of aromatic amines is 1. The lowest BCUT2D eigenvalue weighted by molar-refractivity contribution is 0.577. The Morgan fingerprint density at radius 2 is 2.17 bits per heavy atom. The zero-order valence-corrected chi connectivity index (χ0v) is 11.0. The Bertz CT molecular complexity index is 611. The van der Waals surface area contributed by atoms with Crippen molar-refractivity contribution < 1.29 is 8.42 Å². The summed E-state index contributed by atoms with van der Waals surface area (Å²) in [5.41, 5.74) is 0.981. The van der Waals surface area contributed by atoms with Crippen LogP contribution in [0.1, 0.15) is 5.56 Å². The Morgan fingerprint density at radius 3 is 2.83 bits per heavy atom. The van der Waals surface area contributed by atoms with Gasteiger partial charge in [0.25, 0.3) is 10.0 Å². The number of nitrogens with one attached hydrogen (secondary N) is 2.